The first-order valence-electron chi connectivity index (χ1n) is 10.7. The molecule has 0 aliphatic carbocycles. The molecule has 1 N–H and O–H groups in total. The second kappa shape index (κ2) is 10.9. The Balaban J connectivity index is 1.59. The summed E-state index contributed by atoms with van der Waals surface area (Å²) in [5.41, 5.74) is 3.13. The Morgan fingerprint density at radius 1 is 1.03 bits per heavy atom. The van der Waals surface area contributed by atoms with E-state index >= 15 is 0 Å². The van der Waals surface area contributed by atoms with E-state index < -0.39 is 6.10 Å². The zero-order valence-corrected chi connectivity index (χ0v) is 18.5. The monoisotopic (exact) mass is 421 g/mol. The highest BCUT2D eigenvalue weighted by Gasteiger charge is 2.15. The van der Waals surface area contributed by atoms with Crippen LogP contribution < -0.4 is 4.74 Å². The van der Waals surface area contributed by atoms with Gasteiger partial charge in [0, 0.05) is 18.7 Å². The van der Waals surface area contributed by atoms with Crippen molar-refractivity contribution < 1.29 is 19.1 Å². The summed E-state index contributed by atoms with van der Waals surface area (Å²) in [5, 5.41) is 10.6. The van der Waals surface area contributed by atoms with Crippen LogP contribution in [0.4, 0.5) is 0 Å². The molecule has 3 rings (SSSR count). The summed E-state index contributed by atoms with van der Waals surface area (Å²) in [5.74, 6) is 2.00. The topological polar surface area (TPSA) is 62.9 Å². The van der Waals surface area contributed by atoms with Crippen LogP contribution in [0, 0.1) is 0 Å². The van der Waals surface area contributed by atoms with Crippen molar-refractivity contribution in [1.82, 2.24) is 4.90 Å². The average Bonchev–Trinajstić information content (AvgIpc) is 3.26. The van der Waals surface area contributed by atoms with Gasteiger partial charge in [-0.3, -0.25) is 9.69 Å². The maximum Gasteiger partial charge on any atom is 0.159 e. The standard InChI is InChI=1S/C26H31NO4/c1-19(2)22-8-6-21(7-9-22)15-27(17-26-5-4-14-30-26)16-24(29)18-31-25-12-10-23(11-13-25)20(3)28/h4-14,19,24,29H,15-18H2,1-3H3. The zero-order valence-electron chi connectivity index (χ0n) is 18.5. The van der Waals surface area contributed by atoms with E-state index in [9.17, 15) is 9.90 Å². The van der Waals surface area contributed by atoms with Crippen LogP contribution in [0.2, 0.25) is 0 Å². The minimum atomic E-state index is -0.669. The van der Waals surface area contributed by atoms with Gasteiger partial charge in [0.2, 0.25) is 0 Å². The van der Waals surface area contributed by atoms with E-state index in [4.69, 9.17) is 9.15 Å². The number of ether oxygens (including phenoxy) is 1. The predicted molar refractivity (Wildman–Crippen MR) is 121 cm³/mol. The van der Waals surface area contributed by atoms with Gasteiger partial charge in [-0.15, -0.1) is 0 Å². The van der Waals surface area contributed by atoms with E-state index in [2.05, 4.69) is 43.0 Å². The lowest BCUT2D eigenvalue weighted by Gasteiger charge is -2.24. The quantitative estimate of drug-likeness (QED) is 0.439. The number of rotatable bonds is 11. The van der Waals surface area contributed by atoms with Crippen LogP contribution in [0.3, 0.4) is 0 Å². The van der Waals surface area contributed by atoms with Gasteiger partial charge in [-0.25, -0.2) is 0 Å². The maximum absolute atomic E-state index is 11.4. The molecule has 0 aliphatic heterocycles. The molecular formula is C26H31NO4. The van der Waals surface area contributed by atoms with Crippen LogP contribution in [-0.4, -0.2) is 35.0 Å². The van der Waals surface area contributed by atoms with Crippen molar-refractivity contribution in [3.8, 4) is 5.75 Å². The first kappa shape index (κ1) is 22.8. The number of Topliss-reactive ketones (excluding diaryl/α,β-unsaturated/α-hetero) is 1. The molecular weight excluding hydrogens is 390 g/mol. The summed E-state index contributed by atoms with van der Waals surface area (Å²) >= 11 is 0. The molecule has 164 valence electrons. The number of benzene rings is 2. The summed E-state index contributed by atoms with van der Waals surface area (Å²) in [6.45, 7) is 7.80. The fourth-order valence-electron chi connectivity index (χ4n) is 3.40. The third-order valence-corrected chi connectivity index (χ3v) is 5.18. The normalized spacial score (nSPS) is 12.3. The molecule has 1 aromatic heterocycles. The van der Waals surface area contributed by atoms with Gasteiger partial charge < -0.3 is 14.3 Å². The van der Waals surface area contributed by atoms with Crippen molar-refractivity contribution in [3.05, 3.63) is 89.4 Å². The smallest absolute Gasteiger partial charge is 0.159 e. The average molecular weight is 422 g/mol. The van der Waals surface area contributed by atoms with Gasteiger partial charge in [-0.05, 0) is 60.4 Å². The highest BCUT2D eigenvalue weighted by molar-refractivity contribution is 5.94. The van der Waals surface area contributed by atoms with Crippen LogP contribution in [0.5, 0.6) is 5.75 Å². The van der Waals surface area contributed by atoms with E-state index in [1.807, 2.05) is 12.1 Å². The summed E-state index contributed by atoms with van der Waals surface area (Å²) < 4.78 is 11.2. The van der Waals surface area contributed by atoms with Gasteiger partial charge >= 0.3 is 0 Å². The number of furan rings is 1. The summed E-state index contributed by atoms with van der Waals surface area (Å²) in [4.78, 5) is 13.5. The first-order chi connectivity index (χ1) is 14.9. The van der Waals surface area contributed by atoms with Crippen LogP contribution >= 0.6 is 0 Å². The number of hydrogen-bond donors (Lipinski definition) is 1. The lowest BCUT2D eigenvalue weighted by Crippen LogP contribution is -2.35. The number of aliphatic hydroxyl groups is 1. The van der Waals surface area contributed by atoms with E-state index in [1.54, 1.807) is 30.5 Å². The number of carbonyl (C=O) groups excluding carboxylic acids is 1. The van der Waals surface area contributed by atoms with Gasteiger partial charge in [0.05, 0.1) is 12.8 Å². The SMILES string of the molecule is CC(=O)c1ccc(OCC(O)CN(Cc2ccc(C(C)C)cc2)Cc2ccco2)cc1. The van der Waals surface area contributed by atoms with Crippen molar-refractivity contribution in [2.75, 3.05) is 13.2 Å². The molecule has 0 amide bonds. The predicted octanol–water partition coefficient (Wildman–Crippen LogP) is 5.05. The summed E-state index contributed by atoms with van der Waals surface area (Å²) in [6.07, 6.45) is 0.993. The molecule has 0 aliphatic rings. The lowest BCUT2D eigenvalue weighted by atomic mass is 10.0. The van der Waals surface area contributed by atoms with Gasteiger partial charge in [-0.2, -0.15) is 0 Å². The fourth-order valence-corrected chi connectivity index (χ4v) is 3.40. The second-order valence-electron chi connectivity index (χ2n) is 8.19. The largest absolute Gasteiger partial charge is 0.491 e. The summed E-state index contributed by atoms with van der Waals surface area (Å²) in [7, 11) is 0. The Labute approximate surface area is 184 Å². The Kier molecular flexibility index (Phi) is 8.04. The molecule has 1 unspecified atom stereocenters. The first-order valence-corrected chi connectivity index (χ1v) is 10.7. The van der Waals surface area contributed by atoms with Crippen molar-refractivity contribution in [1.29, 1.82) is 0 Å². The minimum absolute atomic E-state index is 0.0154. The molecule has 3 aromatic rings. The molecule has 1 heterocycles. The van der Waals surface area contributed by atoms with E-state index in [0.29, 0.717) is 36.9 Å². The fraction of sp³-hybridized carbons (Fsp3) is 0.346. The number of nitrogens with zero attached hydrogens (tertiary/aromatic N) is 1. The number of carbonyl (C=O) groups is 1. The lowest BCUT2D eigenvalue weighted by molar-refractivity contribution is 0.0604. The molecule has 5 heteroatoms. The minimum Gasteiger partial charge on any atom is -0.491 e. The number of aliphatic hydroxyl groups excluding tert-OH is 1. The number of hydrogen-bond acceptors (Lipinski definition) is 5. The summed E-state index contributed by atoms with van der Waals surface area (Å²) in [6, 6.07) is 19.4. The Morgan fingerprint density at radius 2 is 1.74 bits per heavy atom. The molecule has 0 saturated heterocycles. The Morgan fingerprint density at radius 3 is 2.32 bits per heavy atom. The van der Waals surface area contributed by atoms with Crippen LogP contribution in [0.25, 0.3) is 0 Å². The molecule has 1 atom stereocenters. The molecule has 5 nitrogen and oxygen atoms in total. The third-order valence-electron chi connectivity index (χ3n) is 5.18. The van der Waals surface area contributed by atoms with Crippen LogP contribution in [0.1, 0.15) is 53.9 Å². The van der Waals surface area contributed by atoms with Crippen molar-refractivity contribution in [2.45, 2.75) is 45.9 Å². The second-order valence-corrected chi connectivity index (χ2v) is 8.19. The van der Waals surface area contributed by atoms with E-state index in [-0.39, 0.29) is 12.4 Å². The van der Waals surface area contributed by atoms with Gasteiger partial charge in [0.15, 0.2) is 5.78 Å². The molecule has 0 spiro atoms. The third kappa shape index (κ3) is 7.09. The molecule has 2 aromatic carbocycles. The molecule has 0 saturated carbocycles. The Bertz CT molecular complexity index is 931. The Hall–Kier alpha value is -2.89. The van der Waals surface area contributed by atoms with E-state index in [1.165, 1.54) is 18.1 Å². The highest BCUT2D eigenvalue weighted by Crippen LogP contribution is 2.18. The van der Waals surface area contributed by atoms with Gasteiger partial charge in [-0.1, -0.05) is 38.1 Å². The van der Waals surface area contributed by atoms with E-state index in [0.717, 1.165) is 5.76 Å². The van der Waals surface area contributed by atoms with Crippen molar-refractivity contribution in [2.24, 2.45) is 0 Å². The molecule has 31 heavy (non-hydrogen) atoms. The van der Waals surface area contributed by atoms with Crippen molar-refractivity contribution >= 4 is 5.78 Å². The molecule has 0 bridgehead atoms. The van der Waals surface area contributed by atoms with Crippen molar-refractivity contribution in [3.63, 3.8) is 0 Å². The highest BCUT2D eigenvalue weighted by atomic mass is 16.5. The van der Waals surface area contributed by atoms with Crippen LogP contribution in [-0.2, 0) is 13.1 Å². The molecule has 0 fully saturated rings. The number of ketones is 1. The maximum atomic E-state index is 11.4. The zero-order chi connectivity index (χ0) is 22.2. The molecule has 0 radical (unpaired) electrons. The van der Waals surface area contributed by atoms with Crippen LogP contribution in [0.15, 0.2) is 71.3 Å². The van der Waals surface area contributed by atoms with Gasteiger partial charge in [0.1, 0.15) is 24.2 Å². The van der Waals surface area contributed by atoms with Gasteiger partial charge in [0.25, 0.3) is 0 Å².